The van der Waals surface area contributed by atoms with Crippen molar-refractivity contribution in [2.45, 2.75) is 57.3 Å². The van der Waals surface area contributed by atoms with Gasteiger partial charge in [0.15, 0.2) is 0 Å². The van der Waals surface area contributed by atoms with Crippen molar-refractivity contribution in [3.63, 3.8) is 0 Å². The minimum Gasteiger partial charge on any atom is -0.293 e. The third-order valence-corrected chi connectivity index (χ3v) is 6.72. The second-order valence-electron chi connectivity index (χ2n) is 8.68. The van der Waals surface area contributed by atoms with Crippen molar-refractivity contribution in [2.75, 3.05) is 6.54 Å². The quantitative estimate of drug-likeness (QED) is 0.526. The zero-order chi connectivity index (χ0) is 21.4. The van der Waals surface area contributed by atoms with Crippen LogP contribution in [-0.2, 0) is 12.7 Å². The Morgan fingerprint density at radius 1 is 1.00 bits per heavy atom. The lowest BCUT2D eigenvalue weighted by atomic mass is 9.78. The molecule has 1 aliphatic carbocycles. The zero-order valence-electron chi connectivity index (χ0n) is 17.3. The highest BCUT2D eigenvalue weighted by molar-refractivity contribution is 5.83. The Kier molecular flexibility index (Phi) is 5.38. The van der Waals surface area contributed by atoms with Crippen molar-refractivity contribution in [3.8, 4) is 11.3 Å². The first kappa shape index (κ1) is 20.4. The van der Waals surface area contributed by atoms with E-state index in [4.69, 9.17) is 4.98 Å². The van der Waals surface area contributed by atoms with Crippen molar-refractivity contribution in [3.05, 3.63) is 54.1 Å². The van der Waals surface area contributed by atoms with Crippen molar-refractivity contribution in [2.24, 2.45) is 5.92 Å². The highest BCUT2D eigenvalue weighted by atomic mass is 19.4. The molecule has 3 aromatic rings. The number of hydrogen-bond acceptors (Lipinski definition) is 4. The predicted molar refractivity (Wildman–Crippen MR) is 113 cm³/mol. The third-order valence-electron chi connectivity index (χ3n) is 6.72. The van der Waals surface area contributed by atoms with Crippen LogP contribution >= 0.6 is 0 Å². The minimum atomic E-state index is -4.46. The van der Waals surface area contributed by atoms with Gasteiger partial charge in [0, 0.05) is 29.4 Å². The second kappa shape index (κ2) is 8.19. The van der Waals surface area contributed by atoms with Crippen molar-refractivity contribution >= 4 is 10.9 Å². The van der Waals surface area contributed by atoms with E-state index in [1.54, 1.807) is 24.4 Å². The Bertz CT molecular complexity index is 1080. The Hall–Kier alpha value is -2.54. The molecule has 7 heteroatoms. The van der Waals surface area contributed by atoms with Crippen LogP contribution in [0.5, 0.6) is 0 Å². The SMILES string of the molecule is FC(F)(F)c1cccnc1-c1ccc2cnc(CN3CCCC4CCCCC43)nc2c1. The monoisotopic (exact) mass is 426 g/mol. The van der Waals surface area contributed by atoms with Gasteiger partial charge in [-0.2, -0.15) is 13.2 Å². The molecule has 2 fully saturated rings. The highest BCUT2D eigenvalue weighted by Gasteiger charge is 2.35. The topological polar surface area (TPSA) is 41.9 Å². The van der Waals surface area contributed by atoms with Gasteiger partial charge in [-0.15, -0.1) is 0 Å². The fraction of sp³-hybridized carbons (Fsp3) is 0.458. The molecule has 5 rings (SSSR count). The molecule has 0 spiro atoms. The van der Waals surface area contributed by atoms with Crippen LogP contribution in [-0.4, -0.2) is 32.4 Å². The molecule has 3 heterocycles. The van der Waals surface area contributed by atoms with Crippen molar-refractivity contribution < 1.29 is 13.2 Å². The van der Waals surface area contributed by atoms with E-state index in [9.17, 15) is 13.2 Å². The molecule has 2 atom stereocenters. The Morgan fingerprint density at radius 2 is 1.84 bits per heavy atom. The van der Waals surface area contributed by atoms with Gasteiger partial charge in [0.25, 0.3) is 0 Å². The van der Waals surface area contributed by atoms with Crippen LogP contribution in [0.2, 0.25) is 0 Å². The number of pyridine rings is 1. The molecule has 162 valence electrons. The molecular formula is C24H25F3N4. The van der Waals surface area contributed by atoms with Gasteiger partial charge in [-0.25, -0.2) is 9.97 Å². The molecule has 1 saturated carbocycles. The van der Waals surface area contributed by atoms with E-state index < -0.39 is 11.7 Å². The first-order valence-corrected chi connectivity index (χ1v) is 11.0. The maximum atomic E-state index is 13.4. The summed E-state index contributed by atoms with van der Waals surface area (Å²) >= 11 is 0. The van der Waals surface area contributed by atoms with Crippen molar-refractivity contribution in [1.82, 2.24) is 19.9 Å². The maximum Gasteiger partial charge on any atom is 0.418 e. The van der Waals surface area contributed by atoms with Crippen LogP contribution in [0.4, 0.5) is 13.2 Å². The number of piperidine rings is 1. The molecule has 1 aliphatic heterocycles. The van der Waals surface area contributed by atoms with Gasteiger partial charge < -0.3 is 0 Å². The normalized spacial score (nSPS) is 22.4. The van der Waals surface area contributed by atoms with Gasteiger partial charge >= 0.3 is 6.18 Å². The van der Waals surface area contributed by atoms with Crippen LogP contribution in [0.3, 0.4) is 0 Å². The molecule has 2 aromatic heterocycles. The van der Waals surface area contributed by atoms with Gasteiger partial charge in [-0.3, -0.25) is 9.88 Å². The van der Waals surface area contributed by atoms with Crippen LogP contribution in [0.1, 0.15) is 49.9 Å². The summed E-state index contributed by atoms with van der Waals surface area (Å²) in [7, 11) is 0. The molecule has 2 aliphatic rings. The average Bonchev–Trinajstić information content (AvgIpc) is 2.78. The lowest BCUT2D eigenvalue weighted by molar-refractivity contribution is -0.137. The number of hydrogen-bond donors (Lipinski definition) is 0. The molecule has 1 aromatic carbocycles. The van der Waals surface area contributed by atoms with E-state index in [1.165, 1.54) is 50.8 Å². The molecule has 0 amide bonds. The second-order valence-corrected chi connectivity index (χ2v) is 8.68. The lowest BCUT2D eigenvalue weighted by Gasteiger charge is -2.43. The average molecular weight is 426 g/mol. The van der Waals surface area contributed by atoms with Crippen LogP contribution in [0.25, 0.3) is 22.2 Å². The molecule has 0 N–H and O–H groups in total. The Labute approximate surface area is 179 Å². The minimum absolute atomic E-state index is 0.0712. The summed E-state index contributed by atoms with van der Waals surface area (Å²) in [6.07, 6.45) is 6.39. The van der Waals surface area contributed by atoms with E-state index >= 15 is 0 Å². The van der Waals surface area contributed by atoms with Crippen LogP contribution in [0, 0.1) is 5.92 Å². The molecule has 31 heavy (non-hydrogen) atoms. The fourth-order valence-electron chi connectivity index (χ4n) is 5.26. The summed E-state index contributed by atoms with van der Waals surface area (Å²) in [6.45, 7) is 1.75. The van der Waals surface area contributed by atoms with E-state index in [0.29, 0.717) is 23.7 Å². The molecule has 0 bridgehead atoms. The Balaban J connectivity index is 1.45. The number of aromatic nitrogens is 3. The van der Waals surface area contributed by atoms with Gasteiger partial charge in [-0.1, -0.05) is 25.0 Å². The molecular weight excluding hydrogens is 401 g/mol. The number of nitrogens with zero attached hydrogens (tertiary/aromatic N) is 4. The van der Waals surface area contributed by atoms with E-state index in [1.807, 2.05) is 0 Å². The zero-order valence-corrected chi connectivity index (χ0v) is 17.3. The summed E-state index contributed by atoms with van der Waals surface area (Å²) in [5.41, 5.74) is 0.257. The summed E-state index contributed by atoms with van der Waals surface area (Å²) in [4.78, 5) is 15.8. The summed E-state index contributed by atoms with van der Waals surface area (Å²) in [6, 6.07) is 8.09. The van der Waals surface area contributed by atoms with E-state index in [-0.39, 0.29) is 5.69 Å². The smallest absolute Gasteiger partial charge is 0.293 e. The maximum absolute atomic E-state index is 13.4. The number of fused-ring (bicyclic) bond motifs is 2. The van der Waals surface area contributed by atoms with E-state index in [2.05, 4.69) is 14.9 Å². The standard InChI is InChI=1S/C24H25F3N4/c25-24(26,27)19-7-3-11-28-23(19)17-9-10-18-14-29-22(30-20(18)13-17)15-31-12-4-6-16-5-1-2-8-21(16)31/h3,7,9-11,13-14,16,21H,1-2,4-6,8,12,15H2. The van der Waals surface area contributed by atoms with Crippen molar-refractivity contribution in [1.29, 1.82) is 0 Å². The van der Waals surface area contributed by atoms with Crippen LogP contribution < -0.4 is 0 Å². The largest absolute Gasteiger partial charge is 0.418 e. The number of likely N-dealkylation sites (tertiary alicyclic amines) is 1. The summed E-state index contributed by atoms with van der Waals surface area (Å²) < 4.78 is 40.3. The molecule has 2 unspecified atom stereocenters. The molecule has 1 saturated heterocycles. The molecule has 0 radical (unpaired) electrons. The summed E-state index contributed by atoms with van der Waals surface area (Å²) in [5, 5.41) is 0.811. The van der Waals surface area contributed by atoms with Gasteiger partial charge in [0.1, 0.15) is 5.82 Å². The number of alkyl halides is 3. The Morgan fingerprint density at radius 3 is 2.71 bits per heavy atom. The van der Waals surface area contributed by atoms with E-state index in [0.717, 1.165) is 29.7 Å². The first-order chi connectivity index (χ1) is 15.0. The summed E-state index contributed by atoms with van der Waals surface area (Å²) in [5.74, 6) is 1.51. The number of benzene rings is 1. The number of halogens is 3. The highest BCUT2D eigenvalue weighted by Crippen LogP contribution is 2.37. The molecule has 4 nitrogen and oxygen atoms in total. The van der Waals surface area contributed by atoms with Crippen LogP contribution in [0.15, 0.2) is 42.7 Å². The van der Waals surface area contributed by atoms with Gasteiger partial charge in [0.05, 0.1) is 23.3 Å². The lowest BCUT2D eigenvalue weighted by Crippen LogP contribution is -2.46. The first-order valence-electron chi connectivity index (χ1n) is 11.0. The van der Waals surface area contributed by atoms with Gasteiger partial charge in [-0.05, 0) is 56.3 Å². The third kappa shape index (κ3) is 4.15. The predicted octanol–water partition coefficient (Wildman–Crippen LogP) is 5.87. The van der Waals surface area contributed by atoms with Gasteiger partial charge in [0.2, 0.25) is 0 Å². The fourth-order valence-corrected chi connectivity index (χ4v) is 5.26. The number of rotatable bonds is 3.